The molecule has 1 saturated heterocycles. The normalized spacial score (nSPS) is 16.9. The van der Waals surface area contributed by atoms with Gasteiger partial charge in [0.25, 0.3) is 0 Å². The maximum atomic E-state index is 11.4. The second kappa shape index (κ2) is 5.38. The molecule has 0 bridgehead atoms. The summed E-state index contributed by atoms with van der Waals surface area (Å²) < 4.78 is 4.60. The number of methoxy groups -OCH3 is 1. The van der Waals surface area contributed by atoms with Crippen LogP contribution in [-0.4, -0.2) is 55.1 Å². The Labute approximate surface area is 89.3 Å². The highest BCUT2D eigenvalue weighted by Crippen LogP contribution is 2.04. The fourth-order valence-electron chi connectivity index (χ4n) is 1.49. The minimum atomic E-state index is -0.326. The maximum absolute atomic E-state index is 11.4. The van der Waals surface area contributed by atoms with Crippen LogP contribution in [0.3, 0.4) is 0 Å². The van der Waals surface area contributed by atoms with E-state index in [1.165, 1.54) is 13.2 Å². The van der Waals surface area contributed by atoms with Gasteiger partial charge in [-0.2, -0.15) is 0 Å². The standard InChI is InChI=1S/C10H16N2O3/c1-3-4-9(13)11-5-7-12(8-6-11)10(14)15-2/h3-4H,5-8H2,1-2H3. The van der Waals surface area contributed by atoms with E-state index in [4.69, 9.17) is 0 Å². The van der Waals surface area contributed by atoms with E-state index in [0.29, 0.717) is 26.2 Å². The molecule has 1 aliphatic rings. The van der Waals surface area contributed by atoms with Crippen LogP contribution >= 0.6 is 0 Å². The van der Waals surface area contributed by atoms with Crippen molar-refractivity contribution in [2.75, 3.05) is 33.3 Å². The Morgan fingerprint density at radius 1 is 1.13 bits per heavy atom. The Balaban J connectivity index is 2.42. The molecule has 0 N–H and O–H groups in total. The molecule has 0 atom stereocenters. The molecule has 5 nitrogen and oxygen atoms in total. The average Bonchev–Trinajstić information content (AvgIpc) is 2.28. The lowest BCUT2D eigenvalue weighted by atomic mass is 10.3. The van der Waals surface area contributed by atoms with Crippen molar-refractivity contribution in [2.45, 2.75) is 6.92 Å². The summed E-state index contributed by atoms with van der Waals surface area (Å²) in [4.78, 5) is 25.9. The first-order valence-corrected chi connectivity index (χ1v) is 4.93. The van der Waals surface area contributed by atoms with E-state index in [1.807, 2.05) is 6.92 Å². The zero-order valence-electron chi connectivity index (χ0n) is 9.10. The number of allylic oxidation sites excluding steroid dienone is 1. The average molecular weight is 212 g/mol. The van der Waals surface area contributed by atoms with E-state index in [-0.39, 0.29) is 12.0 Å². The third-order valence-corrected chi connectivity index (χ3v) is 2.33. The molecule has 0 spiro atoms. The van der Waals surface area contributed by atoms with Crippen LogP contribution in [-0.2, 0) is 9.53 Å². The zero-order chi connectivity index (χ0) is 11.3. The number of hydrogen-bond donors (Lipinski definition) is 0. The van der Waals surface area contributed by atoms with Crippen LogP contribution in [0.2, 0.25) is 0 Å². The van der Waals surface area contributed by atoms with E-state index < -0.39 is 0 Å². The Kier molecular flexibility index (Phi) is 4.15. The van der Waals surface area contributed by atoms with Crippen LogP contribution in [0, 0.1) is 0 Å². The highest BCUT2D eigenvalue weighted by atomic mass is 16.5. The molecule has 1 aliphatic heterocycles. The predicted octanol–water partition coefficient (Wildman–Crippen LogP) is 0.473. The van der Waals surface area contributed by atoms with Gasteiger partial charge in [0.05, 0.1) is 7.11 Å². The summed E-state index contributed by atoms with van der Waals surface area (Å²) in [6, 6.07) is 0. The van der Waals surface area contributed by atoms with E-state index >= 15 is 0 Å². The van der Waals surface area contributed by atoms with Crippen molar-refractivity contribution in [1.82, 2.24) is 9.80 Å². The SMILES string of the molecule is CC=CC(=O)N1CCN(C(=O)OC)CC1. The Morgan fingerprint density at radius 3 is 2.13 bits per heavy atom. The van der Waals surface area contributed by atoms with E-state index in [9.17, 15) is 9.59 Å². The van der Waals surface area contributed by atoms with Gasteiger partial charge in [-0.1, -0.05) is 6.08 Å². The van der Waals surface area contributed by atoms with Gasteiger partial charge in [-0.25, -0.2) is 4.79 Å². The number of amides is 2. The molecule has 0 aromatic heterocycles. The summed E-state index contributed by atoms with van der Waals surface area (Å²) in [5, 5.41) is 0. The second-order valence-corrected chi connectivity index (χ2v) is 3.28. The number of nitrogens with zero attached hydrogens (tertiary/aromatic N) is 2. The molecule has 0 aliphatic carbocycles. The van der Waals surface area contributed by atoms with Gasteiger partial charge in [0.1, 0.15) is 0 Å². The first-order chi connectivity index (χ1) is 7.19. The molecule has 84 valence electrons. The number of carbonyl (C=O) groups excluding carboxylic acids is 2. The molecule has 5 heteroatoms. The zero-order valence-corrected chi connectivity index (χ0v) is 9.10. The second-order valence-electron chi connectivity index (χ2n) is 3.28. The largest absolute Gasteiger partial charge is 0.453 e. The van der Waals surface area contributed by atoms with Crippen LogP contribution in [0.1, 0.15) is 6.92 Å². The van der Waals surface area contributed by atoms with Gasteiger partial charge in [0.2, 0.25) is 5.91 Å². The minimum absolute atomic E-state index is 0.00187. The quantitative estimate of drug-likeness (QED) is 0.594. The van der Waals surface area contributed by atoms with Gasteiger partial charge in [0.15, 0.2) is 0 Å². The number of hydrogen-bond acceptors (Lipinski definition) is 3. The van der Waals surface area contributed by atoms with Crippen molar-refractivity contribution in [3.8, 4) is 0 Å². The van der Waals surface area contributed by atoms with Gasteiger partial charge in [-0.05, 0) is 13.0 Å². The van der Waals surface area contributed by atoms with Gasteiger partial charge in [0, 0.05) is 26.2 Å². The Bertz CT molecular complexity index is 268. The summed E-state index contributed by atoms with van der Waals surface area (Å²) in [6.45, 7) is 4.02. The summed E-state index contributed by atoms with van der Waals surface area (Å²) in [5.41, 5.74) is 0. The number of rotatable bonds is 1. The van der Waals surface area contributed by atoms with Crippen LogP contribution < -0.4 is 0 Å². The first-order valence-electron chi connectivity index (χ1n) is 4.93. The van der Waals surface area contributed by atoms with Gasteiger partial charge >= 0.3 is 6.09 Å². The maximum Gasteiger partial charge on any atom is 0.409 e. The lowest BCUT2D eigenvalue weighted by Gasteiger charge is -2.33. The van der Waals surface area contributed by atoms with Crippen LogP contribution in [0.25, 0.3) is 0 Å². The van der Waals surface area contributed by atoms with Crippen molar-refractivity contribution in [1.29, 1.82) is 0 Å². The molecule has 0 aromatic carbocycles. The van der Waals surface area contributed by atoms with Gasteiger partial charge < -0.3 is 14.5 Å². The monoisotopic (exact) mass is 212 g/mol. The van der Waals surface area contributed by atoms with Crippen LogP contribution in [0.5, 0.6) is 0 Å². The number of carbonyl (C=O) groups is 2. The fourth-order valence-corrected chi connectivity index (χ4v) is 1.49. The van der Waals surface area contributed by atoms with E-state index in [0.717, 1.165) is 0 Å². The predicted molar refractivity (Wildman–Crippen MR) is 55.4 cm³/mol. The smallest absolute Gasteiger partial charge is 0.409 e. The molecular weight excluding hydrogens is 196 g/mol. The minimum Gasteiger partial charge on any atom is -0.453 e. The molecule has 0 unspecified atom stereocenters. The molecule has 1 fully saturated rings. The van der Waals surface area contributed by atoms with Crippen molar-refractivity contribution in [2.24, 2.45) is 0 Å². The fraction of sp³-hybridized carbons (Fsp3) is 0.600. The van der Waals surface area contributed by atoms with E-state index in [2.05, 4.69) is 4.74 Å². The van der Waals surface area contributed by atoms with Crippen molar-refractivity contribution in [3.05, 3.63) is 12.2 Å². The molecule has 1 rings (SSSR count). The molecule has 0 saturated carbocycles. The highest BCUT2D eigenvalue weighted by molar-refractivity contribution is 5.87. The number of ether oxygens (including phenoxy) is 1. The molecule has 0 aromatic rings. The molecule has 1 heterocycles. The van der Waals surface area contributed by atoms with Gasteiger partial charge in [-0.3, -0.25) is 4.79 Å². The van der Waals surface area contributed by atoms with E-state index in [1.54, 1.807) is 15.9 Å². The van der Waals surface area contributed by atoms with Gasteiger partial charge in [-0.15, -0.1) is 0 Å². The molecule has 15 heavy (non-hydrogen) atoms. The van der Waals surface area contributed by atoms with Crippen molar-refractivity contribution >= 4 is 12.0 Å². The van der Waals surface area contributed by atoms with Crippen molar-refractivity contribution < 1.29 is 14.3 Å². The van der Waals surface area contributed by atoms with Crippen LogP contribution in [0.15, 0.2) is 12.2 Å². The Morgan fingerprint density at radius 2 is 1.67 bits per heavy atom. The third-order valence-electron chi connectivity index (χ3n) is 2.33. The summed E-state index contributed by atoms with van der Waals surface area (Å²) in [7, 11) is 1.36. The summed E-state index contributed by atoms with van der Waals surface area (Å²) in [6.07, 6.45) is 2.93. The third kappa shape index (κ3) is 2.97. The lowest BCUT2D eigenvalue weighted by Crippen LogP contribution is -2.50. The van der Waals surface area contributed by atoms with Crippen molar-refractivity contribution in [3.63, 3.8) is 0 Å². The summed E-state index contributed by atoms with van der Waals surface area (Å²) in [5.74, 6) is 0.00187. The molecular formula is C10H16N2O3. The number of piperazine rings is 1. The summed E-state index contributed by atoms with van der Waals surface area (Å²) >= 11 is 0. The topological polar surface area (TPSA) is 49.9 Å². The lowest BCUT2D eigenvalue weighted by molar-refractivity contribution is -0.127. The molecule has 2 amide bonds. The Hall–Kier alpha value is -1.52. The highest BCUT2D eigenvalue weighted by Gasteiger charge is 2.22. The molecule has 0 radical (unpaired) electrons. The van der Waals surface area contributed by atoms with Crippen LogP contribution in [0.4, 0.5) is 4.79 Å². The first kappa shape index (κ1) is 11.6.